The van der Waals surface area contributed by atoms with Crippen molar-refractivity contribution in [2.45, 2.75) is 20.0 Å². The molecule has 0 bridgehead atoms. The molecular formula is C11H12BrClN2O3. The molecule has 0 aliphatic carbocycles. The number of carbonyl (C=O) groups is 2. The fraction of sp³-hybridized carbons (Fsp3) is 0.273. The van der Waals surface area contributed by atoms with E-state index in [-0.39, 0.29) is 18.4 Å². The quantitative estimate of drug-likeness (QED) is 0.641. The van der Waals surface area contributed by atoms with Gasteiger partial charge in [-0.15, -0.1) is 0 Å². The Morgan fingerprint density at radius 1 is 1.44 bits per heavy atom. The molecule has 0 saturated heterocycles. The SMILES string of the molecule is CCC(=O)NOCc1c(Cl)cccc1C(=O)NBr. The summed E-state index contributed by atoms with van der Waals surface area (Å²) >= 11 is 8.85. The summed E-state index contributed by atoms with van der Waals surface area (Å²) in [6, 6.07) is 4.92. The van der Waals surface area contributed by atoms with Crippen molar-refractivity contribution in [1.82, 2.24) is 9.82 Å². The molecule has 7 heteroatoms. The van der Waals surface area contributed by atoms with E-state index in [2.05, 4.69) is 26.0 Å². The topological polar surface area (TPSA) is 67.4 Å². The molecule has 1 aromatic rings. The Labute approximate surface area is 118 Å². The van der Waals surface area contributed by atoms with Gasteiger partial charge in [-0.1, -0.05) is 24.6 Å². The van der Waals surface area contributed by atoms with E-state index >= 15 is 0 Å². The average Bonchev–Trinajstić information content (AvgIpc) is 2.39. The first kappa shape index (κ1) is 14.9. The van der Waals surface area contributed by atoms with Crippen molar-refractivity contribution in [3.05, 3.63) is 34.3 Å². The zero-order valence-corrected chi connectivity index (χ0v) is 12.0. The van der Waals surface area contributed by atoms with Crippen LogP contribution >= 0.6 is 27.7 Å². The van der Waals surface area contributed by atoms with Gasteiger partial charge in [-0.3, -0.25) is 18.8 Å². The summed E-state index contributed by atoms with van der Waals surface area (Å²) in [5, 5.41) is 0.398. The second-order valence-electron chi connectivity index (χ2n) is 3.36. The van der Waals surface area contributed by atoms with Crippen molar-refractivity contribution in [3.8, 4) is 0 Å². The van der Waals surface area contributed by atoms with Gasteiger partial charge in [-0.05, 0) is 12.1 Å². The van der Waals surface area contributed by atoms with E-state index in [1.165, 1.54) is 0 Å². The molecule has 0 atom stereocenters. The molecule has 0 aromatic heterocycles. The van der Waals surface area contributed by atoms with Gasteiger partial charge < -0.3 is 0 Å². The van der Waals surface area contributed by atoms with Crippen LogP contribution in [0.25, 0.3) is 0 Å². The highest BCUT2D eigenvalue weighted by atomic mass is 79.9. The smallest absolute Gasteiger partial charge is 0.261 e. The first-order valence-corrected chi connectivity index (χ1v) is 6.36. The minimum atomic E-state index is -0.335. The lowest BCUT2D eigenvalue weighted by Gasteiger charge is -2.10. The van der Waals surface area contributed by atoms with Crippen LogP contribution in [0.15, 0.2) is 18.2 Å². The molecule has 18 heavy (non-hydrogen) atoms. The Kier molecular flexibility index (Phi) is 6.11. The summed E-state index contributed by atoms with van der Waals surface area (Å²) in [6.45, 7) is 1.72. The number of hydrogen-bond acceptors (Lipinski definition) is 3. The monoisotopic (exact) mass is 334 g/mol. The molecule has 0 unspecified atom stereocenters. The minimum absolute atomic E-state index is 0.0150. The molecule has 0 radical (unpaired) electrons. The summed E-state index contributed by atoms with van der Waals surface area (Å²) in [4.78, 5) is 27.6. The van der Waals surface area contributed by atoms with Crippen molar-refractivity contribution in [1.29, 1.82) is 0 Å². The van der Waals surface area contributed by atoms with E-state index in [4.69, 9.17) is 16.4 Å². The highest BCUT2D eigenvalue weighted by Crippen LogP contribution is 2.21. The van der Waals surface area contributed by atoms with Gasteiger partial charge in [0.15, 0.2) is 0 Å². The lowest BCUT2D eigenvalue weighted by molar-refractivity contribution is -0.134. The van der Waals surface area contributed by atoms with Crippen LogP contribution in [0.1, 0.15) is 29.3 Å². The van der Waals surface area contributed by atoms with Crippen molar-refractivity contribution in [2.75, 3.05) is 0 Å². The van der Waals surface area contributed by atoms with Gasteiger partial charge in [-0.2, -0.15) is 0 Å². The molecule has 0 heterocycles. The molecule has 2 N–H and O–H groups in total. The summed E-state index contributed by atoms with van der Waals surface area (Å²) in [5.41, 5.74) is 3.14. The van der Waals surface area contributed by atoms with E-state index in [1.807, 2.05) is 0 Å². The maximum absolute atomic E-state index is 11.6. The third kappa shape index (κ3) is 3.97. The molecule has 0 aliphatic rings. The molecule has 0 aliphatic heterocycles. The fourth-order valence-electron chi connectivity index (χ4n) is 1.23. The van der Waals surface area contributed by atoms with E-state index in [9.17, 15) is 9.59 Å². The molecule has 1 rings (SSSR count). The maximum Gasteiger partial charge on any atom is 0.261 e. The third-order valence-corrected chi connectivity index (χ3v) is 2.89. The van der Waals surface area contributed by atoms with Gasteiger partial charge in [0, 0.05) is 38.7 Å². The predicted molar refractivity (Wildman–Crippen MR) is 71.1 cm³/mol. The van der Waals surface area contributed by atoms with Gasteiger partial charge in [0.25, 0.3) is 5.91 Å². The third-order valence-electron chi connectivity index (χ3n) is 2.17. The molecule has 5 nitrogen and oxygen atoms in total. The standard InChI is InChI=1S/C11H12BrClN2O3/c1-2-10(16)15-18-6-8-7(11(17)14-12)4-3-5-9(8)13/h3-5H,2,6H2,1H3,(H,14,17)(H,15,16). The fourth-order valence-corrected chi connectivity index (χ4v) is 1.67. The highest BCUT2D eigenvalue weighted by Gasteiger charge is 2.13. The van der Waals surface area contributed by atoms with Crippen molar-refractivity contribution in [2.24, 2.45) is 0 Å². The summed E-state index contributed by atoms with van der Waals surface area (Å²) in [7, 11) is 0. The van der Waals surface area contributed by atoms with Gasteiger partial charge in [-0.25, -0.2) is 5.48 Å². The summed E-state index contributed by atoms with van der Waals surface area (Å²) in [6.07, 6.45) is 0.317. The lowest BCUT2D eigenvalue weighted by atomic mass is 10.1. The van der Waals surface area contributed by atoms with Gasteiger partial charge >= 0.3 is 0 Å². The number of hydrogen-bond donors (Lipinski definition) is 2. The number of rotatable bonds is 5. The van der Waals surface area contributed by atoms with Crippen LogP contribution in [0.4, 0.5) is 0 Å². The number of halogens is 2. The van der Waals surface area contributed by atoms with Gasteiger partial charge in [0.1, 0.15) is 6.61 Å². The molecule has 0 saturated carbocycles. The molecule has 0 spiro atoms. The molecule has 1 aromatic carbocycles. The van der Waals surface area contributed by atoms with Gasteiger partial charge in [0.2, 0.25) is 5.91 Å². The van der Waals surface area contributed by atoms with Crippen LogP contribution in [0.2, 0.25) is 5.02 Å². The minimum Gasteiger partial charge on any atom is -0.289 e. The van der Waals surface area contributed by atoms with Crippen molar-refractivity contribution >= 4 is 39.6 Å². The van der Waals surface area contributed by atoms with Crippen LogP contribution in [0.3, 0.4) is 0 Å². The molecule has 98 valence electrons. The van der Waals surface area contributed by atoms with Crippen LogP contribution in [0.5, 0.6) is 0 Å². The molecule has 2 amide bonds. The first-order valence-electron chi connectivity index (χ1n) is 5.19. The number of amides is 2. The number of hydroxylamine groups is 1. The summed E-state index contributed by atoms with van der Waals surface area (Å²) in [5.74, 6) is -0.577. The van der Waals surface area contributed by atoms with Crippen LogP contribution in [0, 0.1) is 0 Å². The lowest BCUT2D eigenvalue weighted by Crippen LogP contribution is -2.23. The van der Waals surface area contributed by atoms with Crippen molar-refractivity contribution < 1.29 is 14.4 Å². The normalized spacial score (nSPS) is 9.94. The maximum atomic E-state index is 11.6. The van der Waals surface area contributed by atoms with Crippen molar-refractivity contribution in [3.63, 3.8) is 0 Å². The number of benzene rings is 1. The Balaban J connectivity index is 2.80. The van der Waals surface area contributed by atoms with E-state index in [0.29, 0.717) is 22.6 Å². The predicted octanol–water partition coefficient (Wildman–Crippen LogP) is 2.34. The zero-order chi connectivity index (χ0) is 13.5. The Morgan fingerprint density at radius 2 is 2.17 bits per heavy atom. The van der Waals surface area contributed by atoms with E-state index in [1.54, 1.807) is 25.1 Å². The van der Waals surface area contributed by atoms with Gasteiger partial charge in [0.05, 0.1) is 0 Å². The van der Waals surface area contributed by atoms with E-state index in [0.717, 1.165) is 0 Å². The van der Waals surface area contributed by atoms with Crippen LogP contribution < -0.4 is 9.82 Å². The Hall–Kier alpha value is -1.11. The Morgan fingerprint density at radius 3 is 2.78 bits per heavy atom. The number of nitrogens with one attached hydrogen (secondary N) is 2. The Bertz CT molecular complexity index is 454. The van der Waals surface area contributed by atoms with E-state index < -0.39 is 0 Å². The average molecular weight is 336 g/mol. The van der Waals surface area contributed by atoms with Crippen LogP contribution in [-0.4, -0.2) is 11.8 Å². The first-order chi connectivity index (χ1) is 8.60. The highest BCUT2D eigenvalue weighted by molar-refractivity contribution is 9.08. The second kappa shape index (κ2) is 7.35. The zero-order valence-electron chi connectivity index (χ0n) is 9.63. The number of carbonyl (C=O) groups excluding carboxylic acids is 2. The largest absolute Gasteiger partial charge is 0.289 e. The van der Waals surface area contributed by atoms with Crippen LogP contribution in [-0.2, 0) is 16.2 Å². The summed E-state index contributed by atoms with van der Waals surface area (Å²) < 4.78 is 2.33. The second-order valence-corrected chi connectivity index (χ2v) is 4.16. The molecule has 0 fully saturated rings. The molecular weight excluding hydrogens is 323 g/mol.